The fourth-order valence-corrected chi connectivity index (χ4v) is 3.63. The molecule has 2 aliphatic heterocycles. The van der Waals surface area contributed by atoms with Gasteiger partial charge >= 0.3 is 0 Å². The number of hydrogen-bond acceptors (Lipinski definition) is 4. The lowest BCUT2D eigenvalue weighted by atomic mass is 9.94. The molecule has 124 valence electrons. The van der Waals surface area contributed by atoms with E-state index in [2.05, 4.69) is 29.6 Å². The van der Waals surface area contributed by atoms with Crippen molar-refractivity contribution in [1.82, 2.24) is 14.7 Å². The Bertz CT molecular complexity index is 468. The highest BCUT2D eigenvalue weighted by atomic mass is 16.5. The molecule has 0 spiro atoms. The van der Waals surface area contributed by atoms with Crippen LogP contribution < -0.4 is 0 Å². The van der Waals surface area contributed by atoms with E-state index >= 15 is 0 Å². The predicted molar refractivity (Wildman–Crippen MR) is 86.0 cm³/mol. The van der Waals surface area contributed by atoms with Crippen LogP contribution in [-0.4, -0.2) is 54.2 Å². The Morgan fingerprint density at radius 3 is 2.86 bits per heavy atom. The molecule has 5 heteroatoms. The van der Waals surface area contributed by atoms with Crippen molar-refractivity contribution < 1.29 is 9.47 Å². The van der Waals surface area contributed by atoms with Gasteiger partial charge in [0.1, 0.15) is 0 Å². The molecule has 0 radical (unpaired) electrons. The summed E-state index contributed by atoms with van der Waals surface area (Å²) in [6.07, 6.45) is 4.63. The van der Waals surface area contributed by atoms with E-state index in [1.807, 2.05) is 0 Å². The second-order valence-corrected chi connectivity index (χ2v) is 6.50. The largest absolute Gasteiger partial charge is 0.381 e. The fourth-order valence-electron chi connectivity index (χ4n) is 3.63. The summed E-state index contributed by atoms with van der Waals surface area (Å²) in [4.78, 5) is 2.60. The van der Waals surface area contributed by atoms with Crippen molar-refractivity contribution in [2.24, 2.45) is 5.92 Å². The molecule has 1 aromatic rings. The number of nitrogens with zero attached hydrogens (tertiary/aromatic N) is 3. The topological polar surface area (TPSA) is 39.5 Å². The van der Waals surface area contributed by atoms with Crippen LogP contribution in [0, 0.1) is 5.92 Å². The van der Waals surface area contributed by atoms with E-state index in [1.54, 1.807) is 0 Å². The molecule has 3 rings (SSSR count). The molecular weight excluding hydrogens is 278 g/mol. The van der Waals surface area contributed by atoms with E-state index < -0.39 is 0 Å². The quantitative estimate of drug-likeness (QED) is 0.808. The van der Waals surface area contributed by atoms with Gasteiger partial charge in [-0.25, -0.2) is 0 Å². The molecule has 0 aliphatic carbocycles. The number of hydrogen-bond donors (Lipinski definition) is 0. The van der Waals surface area contributed by atoms with Crippen molar-refractivity contribution in [2.45, 2.75) is 45.7 Å². The lowest BCUT2D eigenvalue weighted by molar-refractivity contribution is 0.0444. The minimum atomic E-state index is 0.413. The van der Waals surface area contributed by atoms with Gasteiger partial charge in [-0.1, -0.05) is 0 Å². The summed E-state index contributed by atoms with van der Waals surface area (Å²) in [5, 5.41) is 4.77. The van der Waals surface area contributed by atoms with Gasteiger partial charge in [0.2, 0.25) is 0 Å². The minimum absolute atomic E-state index is 0.413. The normalized spacial score (nSPS) is 23.6. The van der Waals surface area contributed by atoms with E-state index in [9.17, 15) is 0 Å². The predicted octanol–water partition coefficient (Wildman–Crippen LogP) is 2.27. The smallest absolute Gasteiger partial charge is 0.0736 e. The van der Waals surface area contributed by atoms with Crippen LogP contribution >= 0.6 is 0 Å². The summed E-state index contributed by atoms with van der Waals surface area (Å²) in [5.74, 6) is 1.20. The summed E-state index contributed by atoms with van der Waals surface area (Å²) in [6.45, 7) is 11.9. The molecule has 3 heterocycles. The number of rotatable bonds is 6. The molecule has 1 saturated heterocycles. The molecule has 0 saturated carbocycles. The fraction of sp³-hybridized carbons (Fsp3) is 0.824. The summed E-state index contributed by atoms with van der Waals surface area (Å²) in [5.41, 5.74) is 2.66. The van der Waals surface area contributed by atoms with Gasteiger partial charge in [-0.3, -0.25) is 9.58 Å². The highest BCUT2D eigenvalue weighted by Crippen LogP contribution is 2.29. The summed E-state index contributed by atoms with van der Waals surface area (Å²) < 4.78 is 13.3. The van der Waals surface area contributed by atoms with Crippen LogP contribution in [-0.2, 0) is 22.6 Å². The number of ether oxygens (including phenoxy) is 2. The van der Waals surface area contributed by atoms with Crippen LogP contribution in [0.3, 0.4) is 0 Å². The third kappa shape index (κ3) is 3.70. The van der Waals surface area contributed by atoms with E-state index in [-0.39, 0.29) is 0 Å². The molecule has 0 bridgehead atoms. The monoisotopic (exact) mass is 307 g/mol. The standard InChI is InChI=1S/C17H29N3O2/c1-3-20-12-15-10-19(9-14-5-7-22-8-6-14)11-16(13-21-4-2)17(15)18-20/h12,14,16H,3-11,13H2,1-2H3. The van der Waals surface area contributed by atoms with Crippen molar-refractivity contribution >= 4 is 0 Å². The zero-order valence-corrected chi connectivity index (χ0v) is 14.0. The van der Waals surface area contributed by atoms with Crippen molar-refractivity contribution in [2.75, 3.05) is 39.5 Å². The van der Waals surface area contributed by atoms with Gasteiger partial charge in [-0.2, -0.15) is 5.10 Å². The third-order valence-electron chi connectivity index (χ3n) is 4.83. The highest BCUT2D eigenvalue weighted by Gasteiger charge is 2.30. The number of aryl methyl sites for hydroxylation is 1. The molecule has 1 aromatic heterocycles. The molecule has 0 N–H and O–H groups in total. The van der Waals surface area contributed by atoms with Gasteiger partial charge < -0.3 is 9.47 Å². The average molecular weight is 307 g/mol. The highest BCUT2D eigenvalue weighted by molar-refractivity contribution is 5.24. The maximum atomic E-state index is 5.72. The van der Waals surface area contributed by atoms with E-state index in [0.29, 0.717) is 5.92 Å². The van der Waals surface area contributed by atoms with Crippen LogP contribution in [0.25, 0.3) is 0 Å². The van der Waals surface area contributed by atoms with Gasteiger partial charge in [0, 0.05) is 63.7 Å². The first-order chi connectivity index (χ1) is 10.8. The Kier molecular flexibility index (Phi) is 5.50. The maximum Gasteiger partial charge on any atom is 0.0736 e. The summed E-state index contributed by atoms with van der Waals surface area (Å²) in [6, 6.07) is 0. The molecular formula is C17H29N3O2. The molecule has 5 nitrogen and oxygen atoms in total. The second-order valence-electron chi connectivity index (χ2n) is 6.50. The van der Waals surface area contributed by atoms with Crippen LogP contribution in [0.4, 0.5) is 0 Å². The van der Waals surface area contributed by atoms with Crippen molar-refractivity contribution in [3.8, 4) is 0 Å². The zero-order valence-electron chi connectivity index (χ0n) is 14.0. The number of aromatic nitrogens is 2. The Balaban J connectivity index is 1.69. The first-order valence-electron chi connectivity index (χ1n) is 8.74. The Labute approximate surface area is 133 Å². The molecule has 1 fully saturated rings. The SMILES string of the molecule is CCOCC1CN(CC2CCOCC2)Cc2cn(CC)nc21. The van der Waals surface area contributed by atoms with Crippen LogP contribution in [0.15, 0.2) is 6.20 Å². The number of fused-ring (bicyclic) bond motifs is 1. The van der Waals surface area contributed by atoms with E-state index in [4.69, 9.17) is 14.6 Å². The van der Waals surface area contributed by atoms with Gasteiger partial charge in [-0.15, -0.1) is 0 Å². The third-order valence-corrected chi connectivity index (χ3v) is 4.83. The summed E-state index contributed by atoms with van der Waals surface area (Å²) >= 11 is 0. The minimum Gasteiger partial charge on any atom is -0.381 e. The molecule has 0 aromatic carbocycles. The molecule has 22 heavy (non-hydrogen) atoms. The van der Waals surface area contributed by atoms with E-state index in [1.165, 1.54) is 30.6 Å². The van der Waals surface area contributed by atoms with Crippen LogP contribution in [0.2, 0.25) is 0 Å². The van der Waals surface area contributed by atoms with E-state index in [0.717, 1.165) is 52.0 Å². The maximum absolute atomic E-state index is 5.72. The van der Waals surface area contributed by atoms with Crippen molar-refractivity contribution in [3.05, 3.63) is 17.5 Å². The Morgan fingerprint density at radius 2 is 2.14 bits per heavy atom. The van der Waals surface area contributed by atoms with Crippen LogP contribution in [0.1, 0.15) is 43.9 Å². The van der Waals surface area contributed by atoms with Gasteiger partial charge in [0.25, 0.3) is 0 Å². The Morgan fingerprint density at radius 1 is 1.32 bits per heavy atom. The first kappa shape index (κ1) is 16.0. The lowest BCUT2D eigenvalue weighted by Gasteiger charge is -2.35. The lowest BCUT2D eigenvalue weighted by Crippen LogP contribution is -2.39. The zero-order chi connectivity index (χ0) is 15.4. The van der Waals surface area contributed by atoms with Gasteiger partial charge in [-0.05, 0) is 32.6 Å². The molecule has 0 amide bonds. The van der Waals surface area contributed by atoms with Crippen molar-refractivity contribution in [1.29, 1.82) is 0 Å². The molecule has 1 unspecified atom stereocenters. The average Bonchev–Trinajstić information content (AvgIpc) is 2.97. The van der Waals surface area contributed by atoms with Gasteiger partial charge in [0.15, 0.2) is 0 Å². The van der Waals surface area contributed by atoms with Gasteiger partial charge in [0.05, 0.1) is 12.3 Å². The molecule has 2 aliphatic rings. The van der Waals surface area contributed by atoms with Crippen LogP contribution in [0.5, 0.6) is 0 Å². The Hall–Kier alpha value is -0.910. The second kappa shape index (κ2) is 7.57. The first-order valence-corrected chi connectivity index (χ1v) is 8.74. The summed E-state index contributed by atoms with van der Waals surface area (Å²) in [7, 11) is 0. The molecule has 1 atom stereocenters. The van der Waals surface area contributed by atoms with Crippen molar-refractivity contribution in [3.63, 3.8) is 0 Å².